The first-order chi connectivity index (χ1) is 13.0. The summed E-state index contributed by atoms with van der Waals surface area (Å²) in [7, 11) is 0. The number of ether oxygens (including phenoxy) is 1. The molecule has 4 saturated carbocycles. The number of benzene rings is 1. The van der Waals surface area contributed by atoms with Crippen LogP contribution >= 0.6 is 0 Å². The summed E-state index contributed by atoms with van der Waals surface area (Å²) in [6, 6.07) is 7.81. The molecular weight excluding hydrogens is 340 g/mol. The van der Waals surface area contributed by atoms with Crippen LogP contribution in [0.5, 0.6) is 5.75 Å². The SMILES string of the molecule is C[C@]12CC[C@H](C[C@@H]1C(=O)NC1CCCC1)[C@@]1(C2)NC(=O)c2ccccc2O1. The van der Waals surface area contributed by atoms with Crippen LogP contribution in [0, 0.1) is 17.3 Å². The van der Waals surface area contributed by atoms with E-state index in [9.17, 15) is 9.59 Å². The first-order valence-electron chi connectivity index (χ1n) is 10.4. The van der Waals surface area contributed by atoms with Crippen LogP contribution in [-0.2, 0) is 4.79 Å². The number of hydrogen-bond acceptors (Lipinski definition) is 3. The third-order valence-corrected chi connectivity index (χ3v) is 7.52. The molecule has 1 aromatic rings. The van der Waals surface area contributed by atoms with Crippen LogP contribution in [0.2, 0.25) is 0 Å². The predicted molar refractivity (Wildman–Crippen MR) is 101 cm³/mol. The minimum atomic E-state index is -0.664. The van der Waals surface area contributed by atoms with Gasteiger partial charge in [-0.05, 0) is 49.7 Å². The average molecular weight is 368 g/mol. The standard InChI is InChI=1S/C22H28N2O3/c1-21-11-10-14(12-17(21)20(26)23-15-6-2-3-7-15)22(13-21)24-19(25)16-8-4-5-9-18(16)27-22/h4-5,8-9,14-15,17H,2-3,6-7,10-13H2,1H3,(H,23,26)(H,24,25)/t14-,17-,21-,22+/m1/s1. The summed E-state index contributed by atoms with van der Waals surface area (Å²) in [5, 5.41) is 6.49. The Morgan fingerprint density at radius 3 is 2.78 bits per heavy atom. The Hall–Kier alpha value is -2.04. The van der Waals surface area contributed by atoms with Gasteiger partial charge in [0.05, 0.1) is 5.56 Å². The second kappa shape index (κ2) is 5.98. The molecule has 27 heavy (non-hydrogen) atoms. The fraction of sp³-hybridized carbons (Fsp3) is 0.636. The van der Waals surface area contributed by atoms with Crippen molar-refractivity contribution in [3.05, 3.63) is 29.8 Å². The van der Waals surface area contributed by atoms with Gasteiger partial charge < -0.3 is 15.4 Å². The Morgan fingerprint density at radius 2 is 2.00 bits per heavy atom. The van der Waals surface area contributed by atoms with Gasteiger partial charge in [-0.25, -0.2) is 0 Å². The molecule has 144 valence electrons. The highest BCUT2D eigenvalue weighted by Gasteiger charge is 2.61. The third-order valence-electron chi connectivity index (χ3n) is 7.52. The maximum atomic E-state index is 13.0. The van der Waals surface area contributed by atoms with Gasteiger partial charge in [0.25, 0.3) is 5.91 Å². The molecule has 1 aromatic carbocycles. The van der Waals surface area contributed by atoms with Crippen molar-refractivity contribution in [2.45, 2.75) is 70.1 Å². The van der Waals surface area contributed by atoms with Gasteiger partial charge >= 0.3 is 0 Å². The first kappa shape index (κ1) is 17.1. The Morgan fingerprint density at radius 1 is 1.22 bits per heavy atom. The molecule has 4 aliphatic carbocycles. The molecule has 1 spiro atoms. The van der Waals surface area contributed by atoms with Crippen molar-refractivity contribution in [2.75, 3.05) is 0 Å². The summed E-state index contributed by atoms with van der Waals surface area (Å²) in [5.41, 5.74) is -0.204. The van der Waals surface area contributed by atoms with Crippen LogP contribution in [0.1, 0.15) is 68.6 Å². The average Bonchev–Trinajstić information content (AvgIpc) is 3.14. The third kappa shape index (κ3) is 2.66. The molecule has 5 aliphatic rings. The quantitative estimate of drug-likeness (QED) is 0.841. The summed E-state index contributed by atoms with van der Waals surface area (Å²) in [5.74, 6) is 1.02. The van der Waals surface area contributed by atoms with Crippen molar-refractivity contribution < 1.29 is 14.3 Å². The van der Waals surface area contributed by atoms with Crippen molar-refractivity contribution >= 4 is 11.8 Å². The predicted octanol–water partition coefficient (Wildman–Crippen LogP) is 3.39. The molecule has 0 aromatic heterocycles. The van der Waals surface area contributed by atoms with Crippen molar-refractivity contribution in [1.82, 2.24) is 10.6 Å². The fourth-order valence-electron chi connectivity index (χ4n) is 6.03. The first-order valence-corrected chi connectivity index (χ1v) is 10.4. The Labute approximate surface area is 160 Å². The van der Waals surface area contributed by atoms with Gasteiger partial charge in [0.2, 0.25) is 5.91 Å². The van der Waals surface area contributed by atoms with Crippen molar-refractivity contribution in [2.24, 2.45) is 17.3 Å². The van der Waals surface area contributed by atoms with E-state index in [1.807, 2.05) is 18.2 Å². The fourth-order valence-corrected chi connectivity index (χ4v) is 6.03. The second-order valence-electron chi connectivity index (χ2n) is 9.29. The molecule has 4 atom stereocenters. The second-order valence-corrected chi connectivity index (χ2v) is 9.29. The molecule has 4 fully saturated rings. The highest BCUT2D eigenvalue weighted by atomic mass is 16.5. The van der Waals surface area contributed by atoms with Gasteiger partial charge in [0.15, 0.2) is 5.72 Å². The Kier molecular flexibility index (Phi) is 3.78. The zero-order chi connectivity index (χ0) is 18.6. The minimum Gasteiger partial charge on any atom is -0.467 e. The number of para-hydroxylation sites is 1. The summed E-state index contributed by atoms with van der Waals surface area (Å²) in [6.45, 7) is 2.21. The minimum absolute atomic E-state index is 0.0140. The van der Waals surface area contributed by atoms with Gasteiger partial charge in [0.1, 0.15) is 5.75 Å². The Balaban J connectivity index is 1.39. The number of fused-ring (bicyclic) bond motifs is 3. The highest BCUT2D eigenvalue weighted by molar-refractivity contribution is 5.98. The molecule has 1 aliphatic heterocycles. The maximum Gasteiger partial charge on any atom is 0.258 e. The van der Waals surface area contributed by atoms with Crippen molar-refractivity contribution in [3.63, 3.8) is 0 Å². The molecule has 1 heterocycles. The van der Waals surface area contributed by atoms with E-state index in [0.717, 1.165) is 32.1 Å². The van der Waals surface area contributed by atoms with E-state index in [1.165, 1.54) is 12.8 Å². The lowest BCUT2D eigenvalue weighted by molar-refractivity contribution is -0.167. The number of carbonyl (C=O) groups excluding carboxylic acids is 2. The van der Waals surface area contributed by atoms with Crippen LogP contribution < -0.4 is 15.4 Å². The van der Waals surface area contributed by atoms with E-state index in [-0.39, 0.29) is 29.1 Å². The molecule has 2 amide bonds. The van der Waals surface area contributed by atoms with Gasteiger partial charge in [-0.2, -0.15) is 0 Å². The molecule has 6 rings (SSSR count). The maximum absolute atomic E-state index is 13.0. The number of hydrogen-bond donors (Lipinski definition) is 2. The summed E-state index contributed by atoms with van der Waals surface area (Å²) in [6.07, 6.45) is 8.16. The lowest BCUT2D eigenvalue weighted by Gasteiger charge is -2.59. The van der Waals surface area contributed by atoms with E-state index in [2.05, 4.69) is 17.6 Å². The van der Waals surface area contributed by atoms with Crippen LogP contribution in [0.15, 0.2) is 24.3 Å². The van der Waals surface area contributed by atoms with Crippen molar-refractivity contribution in [1.29, 1.82) is 0 Å². The number of nitrogens with one attached hydrogen (secondary N) is 2. The van der Waals surface area contributed by atoms with Crippen LogP contribution in [0.25, 0.3) is 0 Å². The van der Waals surface area contributed by atoms with Gasteiger partial charge in [0, 0.05) is 24.3 Å². The lowest BCUT2D eigenvalue weighted by Crippen LogP contribution is -2.69. The molecular formula is C22H28N2O3. The summed E-state index contributed by atoms with van der Waals surface area (Å²) >= 11 is 0. The van der Waals surface area contributed by atoms with E-state index in [4.69, 9.17) is 4.74 Å². The normalized spacial score (nSPS) is 37.6. The lowest BCUT2D eigenvalue weighted by atomic mass is 9.52. The van der Waals surface area contributed by atoms with Crippen LogP contribution in [0.4, 0.5) is 0 Å². The van der Waals surface area contributed by atoms with E-state index >= 15 is 0 Å². The number of amides is 2. The van der Waals surface area contributed by atoms with Crippen molar-refractivity contribution in [3.8, 4) is 5.75 Å². The van der Waals surface area contributed by atoms with Gasteiger partial charge in [-0.3, -0.25) is 9.59 Å². The number of rotatable bonds is 2. The van der Waals surface area contributed by atoms with E-state index < -0.39 is 5.72 Å². The van der Waals surface area contributed by atoms with Gasteiger partial charge in [-0.15, -0.1) is 0 Å². The van der Waals surface area contributed by atoms with Crippen LogP contribution in [-0.4, -0.2) is 23.6 Å². The topological polar surface area (TPSA) is 67.4 Å². The highest BCUT2D eigenvalue weighted by Crippen LogP contribution is 2.58. The summed E-state index contributed by atoms with van der Waals surface area (Å²) < 4.78 is 6.43. The molecule has 5 nitrogen and oxygen atoms in total. The van der Waals surface area contributed by atoms with E-state index in [1.54, 1.807) is 6.07 Å². The smallest absolute Gasteiger partial charge is 0.258 e. The zero-order valence-corrected chi connectivity index (χ0v) is 15.9. The molecule has 2 bridgehead atoms. The molecule has 0 saturated heterocycles. The largest absolute Gasteiger partial charge is 0.467 e. The van der Waals surface area contributed by atoms with Crippen LogP contribution in [0.3, 0.4) is 0 Å². The molecule has 5 heteroatoms. The van der Waals surface area contributed by atoms with E-state index in [0.29, 0.717) is 23.8 Å². The monoisotopic (exact) mass is 368 g/mol. The molecule has 2 N–H and O–H groups in total. The Bertz CT molecular complexity index is 788. The zero-order valence-electron chi connectivity index (χ0n) is 15.9. The molecule has 0 radical (unpaired) electrons. The van der Waals surface area contributed by atoms with Gasteiger partial charge in [-0.1, -0.05) is 31.9 Å². The summed E-state index contributed by atoms with van der Waals surface area (Å²) in [4.78, 5) is 25.8. The number of carbonyl (C=O) groups is 2. The molecule has 0 unspecified atom stereocenters.